The molecular formula is C14H12N2O7. The third-order valence-electron chi connectivity index (χ3n) is 2.77. The Hall–Kier alpha value is -3.23. The van der Waals surface area contributed by atoms with E-state index >= 15 is 0 Å². The van der Waals surface area contributed by atoms with Crippen LogP contribution >= 0.6 is 0 Å². The van der Waals surface area contributed by atoms with Crippen molar-refractivity contribution in [2.24, 2.45) is 0 Å². The Morgan fingerprint density at radius 1 is 1.04 bits per heavy atom. The Morgan fingerprint density at radius 2 is 1.65 bits per heavy atom. The predicted octanol–water partition coefficient (Wildman–Crippen LogP) is 0.160. The monoisotopic (exact) mass is 320 g/mol. The molecule has 0 radical (unpaired) electrons. The van der Waals surface area contributed by atoms with Crippen molar-refractivity contribution in [2.45, 2.75) is 12.8 Å². The highest BCUT2D eigenvalue weighted by Gasteiger charge is 2.32. The molecule has 9 heteroatoms. The van der Waals surface area contributed by atoms with E-state index in [1.54, 1.807) is 18.2 Å². The van der Waals surface area contributed by atoms with Gasteiger partial charge in [0.05, 0.1) is 5.56 Å². The van der Waals surface area contributed by atoms with E-state index in [2.05, 4.69) is 9.57 Å². The molecule has 9 nitrogen and oxygen atoms in total. The van der Waals surface area contributed by atoms with Crippen molar-refractivity contribution in [3.63, 3.8) is 0 Å². The molecule has 120 valence electrons. The zero-order chi connectivity index (χ0) is 16.8. The summed E-state index contributed by atoms with van der Waals surface area (Å²) in [6.45, 7) is -0.669. The minimum atomic E-state index is -1.16. The van der Waals surface area contributed by atoms with Crippen molar-refractivity contribution in [1.82, 2.24) is 10.4 Å². The number of ether oxygens (including phenoxy) is 1. The average Bonchev–Trinajstić information content (AvgIpc) is 2.85. The fourth-order valence-electron chi connectivity index (χ4n) is 1.69. The number of carbonyl (C=O) groups is 5. The molecule has 0 aliphatic carbocycles. The summed E-state index contributed by atoms with van der Waals surface area (Å²) in [5.41, 5.74) is 0.165. The van der Waals surface area contributed by atoms with Crippen molar-refractivity contribution in [3.05, 3.63) is 35.9 Å². The van der Waals surface area contributed by atoms with Gasteiger partial charge in [0.25, 0.3) is 11.8 Å². The first-order chi connectivity index (χ1) is 11.0. The molecule has 1 aliphatic heterocycles. The van der Waals surface area contributed by atoms with Gasteiger partial charge in [-0.25, -0.2) is 14.4 Å². The van der Waals surface area contributed by atoms with Gasteiger partial charge in [-0.15, -0.1) is 5.06 Å². The molecule has 0 saturated carbocycles. The van der Waals surface area contributed by atoms with Gasteiger partial charge in [0.15, 0.2) is 0 Å². The van der Waals surface area contributed by atoms with Crippen LogP contribution in [0.2, 0.25) is 0 Å². The first-order valence-corrected chi connectivity index (χ1v) is 6.59. The number of nitrogens with one attached hydrogen (secondary N) is 1. The van der Waals surface area contributed by atoms with E-state index in [-0.39, 0.29) is 18.4 Å². The van der Waals surface area contributed by atoms with Crippen molar-refractivity contribution < 1.29 is 33.5 Å². The molecule has 0 atom stereocenters. The second-order valence-corrected chi connectivity index (χ2v) is 4.44. The molecule has 0 bridgehead atoms. The van der Waals surface area contributed by atoms with Gasteiger partial charge in [-0.05, 0) is 12.1 Å². The Balaban J connectivity index is 1.76. The molecule has 1 N–H and O–H groups in total. The maximum Gasteiger partial charge on any atom is 0.415 e. The van der Waals surface area contributed by atoms with Crippen LogP contribution in [0, 0.1) is 0 Å². The molecule has 1 saturated heterocycles. The van der Waals surface area contributed by atoms with Crippen LogP contribution in [0.1, 0.15) is 23.2 Å². The topological polar surface area (TPSA) is 119 Å². The van der Waals surface area contributed by atoms with Crippen LogP contribution in [0.5, 0.6) is 0 Å². The van der Waals surface area contributed by atoms with Gasteiger partial charge in [-0.2, -0.15) is 0 Å². The standard InChI is InChI=1S/C14H12N2O7/c17-10-6-7-11(18)16(10)23-12(19)8-15-14(21)22-13(20)9-4-2-1-3-5-9/h1-5H,6-8H2,(H,15,21). The third-order valence-corrected chi connectivity index (χ3v) is 2.77. The maximum absolute atomic E-state index is 11.6. The Kier molecular flexibility index (Phi) is 5.03. The van der Waals surface area contributed by atoms with E-state index in [4.69, 9.17) is 0 Å². The highest BCUT2D eigenvalue weighted by Crippen LogP contribution is 2.11. The van der Waals surface area contributed by atoms with Crippen molar-refractivity contribution >= 4 is 29.8 Å². The van der Waals surface area contributed by atoms with Gasteiger partial charge in [0.2, 0.25) is 0 Å². The smallest absolute Gasteiger partial charge is 0.373 e. The lowest BCUT2D eigenvalue weighted by atomic mass is 10.2. The highest BCUT2D eigenvalue weighted by molar-refractivity contribution is 6.01. The molecular weight excluding hydrogens is 308 g/mol. The summed E-state index contributed by atoms with van der Waals surface area (Å²) in [4.78, 5) is 61.4. The number of rotatable bonds is 4. The van der Waals surface area contributed by atoms with Crippen molar-refractivity contribution in [2.75, 3.05) is 6.54 Å². The molecule has 1 heterocycles. The van der Waals surface area contributed by atoms with Gasteiger partial charge in [0, 0.05) is 12.8 Å². The fraction of sp³-hybridized carbons (Fsp3) is 0.214. The van der Waals surface area contributed by atoms with E-state index < -0.39 is 36.4 Å². The number of hydroxylamine groups is 2. The number of benzene rings is 1. The minimum absolute atomic E-state index is 0.0346. The van der Waals surface area contributed by atoms with Gasteiger partial charge in [-0.3, -0.25) is 9.59 Å². The molecule has 1 aliphatic rings. The van der Waals surface area contributed by atoms with E-state index in [0.29, 0.717) is 5.06 Å². The van der Waals surface area contributed by atoms with Crippen LogP contribution in [-0.2, 0) is 24.0 Å². The van der Waals surface area contributed by atoms with Crippen LogP contribution in [0.3, 0.4) is 0 Å². The summed E-state index contributed by atoms with van der Waals surface area (Å²) in [5, 5.41) is 2.33. The fourth-order valence-corrected chi connectivity index (χ4v) is 1.69. The molecule has 0 spiro atoms. The van der Waals surface area contributed by atoms with Crippen molar-refractivity contribution in [1.29, 1.82) is 0 Å². The average molecular weight is 320 g/mol. The SMILES string of the molecule is O=C(CNC(=O)OC(=O)c1ccccc1)ON1C(=O)CCC1=O. The summed E-state index contributed by atoms with van der Waals surface area (Å²) in [6, 6.07) is 7.78. The number of amides is 3. The summed E-state index contributed by atoms with van der Waals surface area (Å²) in [7, 11) is 0. The number of esters is 1. The Bertz CT molecular complexity index is 640. The number of nitrogens with zero attached hydrogens (tertiary/aromatic N) is 1. The number of imide groups is 1. The highest BCUT2D eigenvalue weighted by atomic mass is 16.7. The zero-order valence-electron chi connectivity index (χ0n) is 11.8. The molecule has 2 rings (SSSR count). The van der Waals surface area contributed by atoms with Crippen LogP contribution < -0.4 is 5.32 Å². The van der Waals surface area contributed by atoms with E-state index in [1.165, 1.54) is 12.1 Å². The molecule has 0 unspecified atom stereocenters. The van der Waals surface area contributed by atoms with Crippen LogP contribution in [0.25, 0.3) is 0 Å². The first kappa shape index (κ1) is 16.1. The lowest BCUT2D eigenvalue weighted by molar-refractivity contribution is -0.196. The molecule has 23 heavy (non-hydrogen) atoms. The summed E-state index contributed by atoms with van der Waals surface area (Å²) >= 11 is 0. The molecule has 1 fully saturated rings. The zero-order valence-corrected chi connectivity index (χ0v) is 11.8. The second kappa shape index (κ2) is 7.16. The number of alkyl carbamates (subject to hydrolysis) is 1. The maximum atomic E-state index is 11.6. The van der Waals surface area contributed by atoms with Crippen molar-refractivity contribution in [3.8, 4) is 0 Å². The quantitative estimate of drug-likeness (QED) is 0.477. The largest absolute Gasteiger partial charge is 0.415 e. The number of hydrogen-bond acceptors (Lipinski definition) is 7. The molecule has 1 aromatic carbocycles. The minimum Gasteiger partial charge on any atom is -0.373 e. The van der Waals surface area contributed by atoms with Crippen LogP contribution in [-0.4, -0.2) is 41.5 Å². The van der Waals surface area contributed by atoms with Crippen LogP contribution in [0.4, 0.5) is 4.79 Å². The molecule has 3 amide bonds. The van der Waals surface area contributed by atoms with E-state index in [9.17, 15) is 24.0 Å². The normalized spacial score (nSPS) is 13.7. The van der Waals surface area contributed by atoms with Gasteiger partial charge < -0.3 is 14.9 Å². The second-order valence-electron chi connectivity index (χ2n) is 4.44. The molecule has 1 aromatic rings. The third kappa shape index (κ3) is 4.37. The van der Waals surface area contributed by atoms with Crippen LogP contribution in [0.15, 0.2) is 30.3 Å². The lowest BCUT2D eigenvalue weighted by Crippen LogP contribution is -2.38. The van der Waals surface area contributed by atoms with Gasteiger partial charge in [-0.1, -0.05) is 18.2 Å². The van der Waals surface area contributed by atoms with Gasteiger partial charge >= 0.3 is 18.0 Å². The summed E-state index contributed by atoms with van der Waals surface area (Å²) < 4.78 is 4.45. The summed E-state index contributed by atoms with van der Waals surface area (Å²) in [6.07, 6.45) is -1.23. The van der Waals surface area contributed by atoms with Gasteiger partial charge in [0.1, 0.15) is 6.54 Å². The summed E-state index contributed by atoms with van der Waals surface area (Å²) in [5.74, 6) is -3.20. The lowest BCUT2D eigenvalue weighted by Gasteiger charge is -2.12. The predicted molar refractivity (Wildman–Crippen MR) is 72.4 cm³/mol. The Morgan fingerprint density at radius 3 is 2.26 bits per heavy atom. The first-order valence-electron chi connectivity index (χ1n) is 6.59. The van der Waals surface area contributed by atoms with E-state index in [1.807, 2.05) is 5.32 Å². The number of hydrogen-bond donors (Lipinski definition) is 1. The Labute approximate surface area is 130 Å². The van der Waals surface area contributed by atoms with E-state index in [0.717, 1.165) is 0 Å². The molecule has 0 aromatic heterocycles. The number of carbonyl (C=O) groups excluding carboxylic acids is 5.